The molecular formula is C13H18N4. The summed E-state index contributed by atoms with van der Waals surface area (Å²) in [6.45, 7) is 3.05. The zero-order chi connectivity index (χ0) is 12.1. The van der Waals surface area contributed by atoms with Gasteiger partial charge < -0.3 is 5.32 Å². The molecule has 0 saturated heterocycles. The molecule has 1 heterocycles. The number of nitrogens with one attached hydrogen (secondary N) is 1. The van der Waals surface area contributed by atoms with Gasteiger partial charge in [-0.2, -0.15) is 0 Å². The zero-order valence-corrected chi connectivity index (χ0v) is 10.3. The van der Waals surface area contributed by atoms with E-state index in [0.29, 0.717) is 0 Å². The highest BCUT2D eigenvalue weighted by atomic mass is 15.4. The molecule has 0 aliphatic carbocycles. The Kier molecular flexibility index (Phi) is 3.88. The molecule has 1 aromatic heterocycles. The molecule has 1 aromatic carbocycles. The third-order valence-corrected chi connectivity index (χ3v) is 2.84. The molecular weight excluding hydrogens is 212 g/mol. The molecule has 17 heavy (non-hydrogen) atoms. The van der Waals surface area contributed by atoms with Crippen molar-refractivity contribution in [3.8, 4) is 0 Å². The SMILES string of the molecule is CCNC(Cc1ccccc1)c1cnnn1C. The summed E-state index contributed by atoms with van der Waals surface area (Å²) in [4.78, 5) is 0. The van der Waals surface area contributed by atoms with Crippen molar-refractivity contribution >= 4 is 0 Å². The predicted octanol–water partition coefficient (Wildman–Crippen LogP) is 1.71. The van der Waals surface area contributed by atoms with Crippen LogP contribution in [0.2, 0.25) is 0 Å². The molecule has 1 atom stereocenters. The van der Waals surface area contributed by atoms with Crippen LogP contribution in [0.25, 0.3) is 0 Å². The van der Waals surface area contributed by atoms with Gasteiger partial charge in [0.25, 0.3) is 0 Å². The van der Waals surface area contributed by atoms with Crippen LogP contribution in [-0.4, -0.2) is 21.5 Å². The average molecular weight is 230 g/mol. The largest absolute Gasteiger partial charge is 0.309 e. The number of hydrogen-bond donors (Lipinski definition) is 1. The summed E-state index contributed by atoms with van der Waals surface area (Å²) in [5, 5.41) is 11.4. The Bertz CT molecular complexity index is 449. The number of nitrogens with zero attached hydrogens (tertiary/aromatic N) is 3. The van der Waals surface area contributed by atoms with Crippen molar-refractivity contribution in [1.82, 2.24) is 20.3 Å². The molecule has 1 N–H and O–H groups in total. The molecule has 0 amide bonds. The average Bonchev–Trinajstić information content (AvgIpc) is 2.76. The Morgan fingerprint density at radius 2 is 2.06 bits per heavy atom. The van der Waals surface area contributed by atoms with E-state index < -0.39 is 0 Å². The topological polar surface area (TPSA) is 42.7 Å². The van der Waals surface area contributed by atoms with E-state index in [-0.39, 0.29) is 6.04 Å². The summed E-state index contributed by atoms with van der Waals surface area (Å²) in [5.41, 5.74) is 2.44. The summed E-state index contributed by atoms with van der Waals surface area (Å²) >= 11 is 0. The highest BCUT2D eigenvalue weighted by Crippen LogP contribution is 2.16. The van der Waals surface area contributed by atoms with Crippen LogP contribution in [0.15, 0.2) is 36.5 Å². The number of aromatic nitrogens is 3. The van der Waals surface area contributed by atoms with Crippen molar-refractivity contribution < 1.29 is 0 Å². The standard InChI is InChI=1S/C13H18N4/c1-3-14-12(13-10-15-16-17(13)2)9-11-7-5-4-6-8-11/h4-8,10,12,14H,3,9H2,1-2H3. The van der Waals surface area contributed by atoms with Crippen molar-refractivity contribution in [1.29, 1.82) is 0 Å². The minimum atomic E-state index is 0.266. The number of benzene rings is 1. The van der Waals surface area contributed by atoms with E-state index in [0.717, 1.165) is 18.7 Å². The lowest BCUT2D eigenvalue weighted by atomic mass is 10.0. The van der Waals surface area contributed by atoms with Crippen molar-refractivity contribution in [2.75, 3.05) is 6.54 Å². The van der Waals surface area contributed by atoms with E-state index >= 15 is 0 Å². The van der Waals surface area contributed by atoms with Gasteiger partial charge >= 0.3 is 0 Å². The van der Waals surface area contributed by atoms with Crippen LogP contribution in [0.3, 0.4) is 0 Å². The summed E-state index contributed by atoms with van der Waals surface area (Å²) in [6, 6.07) is 10.7. The normalized spacial score (nSPS) is 12.6. The first-order chi connectivity index (χ1) is 8.31. The van der Waals surface area contributed by atoms with Gasteiger partial charge in [-0.25, -0.2) is 0 Å². The van der Waals surface area contributed by atoms with Crippen molar-refractivity contribution in [3.05, 3.63) is 47.8 Å². The second-order valence-electron chi connectivity index (χ2n) is 4.08. The van der Waals surface area contributed by atoms with Crippen LogP contribution in [0.4, 0.5) is 0 Å². The lowest BCUT2D eigenvalue weighted by Crippen LogP contribution is -2.25. The first kappa shape index (κ1) is 11.8. The molecule has 0 aliphatic rings. The van der Waals surface area contributed by atoms with Gasteiger partial charge in [-0.1, -0.05) is 42.5 Å². The smallest absolute Gasteiger partial charge is 0.0756 e. The molecule has 90 valence electrons. The molecule has 0 radical (unpaired) electrons. The van der Waals surface area contributed by atoms with E-state index in [9.17, 15) is 0 Å². The quantitative estimate of drug-likeness (QED) is 0.850. The zero-order valence-electron chi connectivity index (χ0n) is 10.3. The van der Waals surface area contributed by atoms with E-state index in [2.05, 4.69) is 46.8 Å². The molecule has 4 nitrogen and oxygen atoms in total. The maximum absolute atomic E-state index is 3.99. The minimum Gasteiger partial charge on any atom is -0.309 e. The second-order valence-corrected chi connectivity index (χ2v) is 4.08. The van der Waals surface area contributed by atoms with E-state index in [1.807, 2.05) is 24.0 Å². The summed E-state index contributed by atoms with van der Waals surface area (Å²) < 4.78 is 1.83. The van der Waals surface area contributed by atoms with Crippen LogP contribution in [0, 0.1) is 0 Å². The highest BCUT2D eigenvalue weighted by Gasteiger charge is 2.14. The molecule has 0 bridgehead atoms. The molecule has 4 heteroatoms. The van der Waals surface area contributed by atoms with E-state index in [1.54, 1.807) is 0 Å². The van der Waals surface area contributed by atoms with Crippen LogP contribution in [0.1, 0.15) is 24.2 Å². The van der Waals surface area contributed by atoms with Crippen LogP contribution >= 0.6 is 0 Å². The fourth-order valence-corrected chi connectivity index (χ4v) is 1.99. The lowest BCUT2D eigenvalue weighted by molar-refractivity contribution is 0.506. The van der Waals surface area contributed by atoms with Gasteiger partial charge in [-0.3, -0.25) is 4.68 Å². The first-order valence-corrected chi connectivity index (χ1v) is 5.93. The van der Waals surface area contributed by atoms with Gasteiger partial charge in [0.1, 0.15) is 0 Å². The molecule has 0 spiro atoms. The Morgan fingerprint density at radius 3 is 2.65 bits per heavy atom. The lowest BCUT2D eigenvalue weighted by Gasteiger charge is -2.17. The van der Waals surface area contributed by atoms with Crippen LogP contribution < -0.4 is 5.32 Å². The summed E-state index contributed by atoms with van der Waals surface area (Å²) in [5.74, 6) is 0. The maximum Gasteiger partial charge on any atom is 0.0756 e. The molecule has 2 aromatic rings. The Labute approximate surface area is 102 Å². The fraction of sp³-hybridized carbons (Fsp3) is 0.385. The first-order valence-electron chi connectivity index (χ1n) is 5.93. The second kappa shape index (κ2) is 5.59. The van der Waals surface area contributed by atoms with Crippen molar-refractivity contribution in [2.24, 2.45) is 7.05 Å². The minimum absolute atomic E-state index is 0.266. The number of hydrogen-bond acceptors (Lipinski definition) is 3. The number of likely N-dealkylation sites (N-methyl/N-ethyl adjacent to an activating group) is 1. The predicted molar refractivity (Wildman–Crippen MR) is 67.6 cm³/mol. The monoisotopic (exact) mass is 230 g/mol. The molecule has 1 unspecified atom stereocenters. The third kappa shape index (κ3) is 2.91. The maximum atomic E-state index is 3.99. The van der Waals surface area contributed by atoms with Crippen molar-refractivity contribution in [3.63, 3.8) is 0 Å². The van der Waals surface area contributed by atoms with Gasteiger partial charge in [0.15, 0.2) is 0 Å². The van der Waals surface area contributed by atoms with Gasteiger partial charge in [-0.15, -0.1) is 5.10 Å². The number of rotatable bonds is 5. The molecule has 0 saturated carbocycles. The van der Waals surface area contributed by atoms with Crippen molar-refractivity contribution in [2.45, 2.75) is 19.4 Å². The number of aryl methyl sites for hydroxylation is 1. The van der Waals surface area contributed by atoms with Gasteiger partial charge in [-0.05, 0) is 18.5 Å². The van der Waals surface area contributed by atoms with E-state index in [1.165, 1.54) is 5.56 Å². The molecule has 2 rings (SSSR count). The Morgan fingerprint density at radius 1 is 1.29 bits per heavy atom. The Balaban J connectivity index is 2.16. The van der Waals surface area contributed by atoms with Gasteiger partial charge in [0, 0.05) is 7.05 Å². The fourth-order valence-electron chi connectivity index (χ4n) is 1.99. The van der Waals surface area contributed by atoms with E-state index in [4.69, 9.17) is 0 Å². The van der Waals surface area contributed by atoms with Gasteiger partial charge in [0.2, 0.25) is 0 Å². The summed E-state index contributed by atoms with van der Waals surface area (Å²) in [6.07, 6.45) is 2.78. The highest BCUT2D eigenvalue weighted by molar-refractivity contribution is 5.18. The van der Waals surface area contributed by atoms with Gasteiger partial charge in [0.05, 0.1) is 17.9 Å². The third-order valence-electron chi connectivity index (χ3n) is 2.84. The molecule has 0 aliphatic heterocycles. The van der Waals surface area contributed by atoms with Crippen LogP contribution in [0.5, 0.6) is 0 Å². The summed E-state index contributed by atoms with van der Waals surface area (Å²) in [7, 11) is 1.93. The Hall–Kier alpha value is -1.68. The molecule has 0 fully saturated rings. The van der Waals surface area contributed by atoms with Crippen LogP contribution in [-0.2, 0) is 13.5 Å².